The molecule has 6 nitrogen and oxygen atoms in total. The maximum atomic E-state index is 12.4. The number of hydrogen-bond acceptors (Lipinski definition) is 5. The lowest BCUT2D eigenvalue weighted by Gasteiger charge is -2.30. The van der Waals surface area contributed by atoms with E-state index in [9.17, 15) is 13.2 Å². The first-order valence-electron chi connectivity index (χ1n) is 7.22. The van der Waals surface area contributed by atoms with E-state index in [1.165, 1.54) is 4.90 Å². The molecule has 0 radical (unpaired) electrons. The number of aryl methyl sites for hydroxylation is 2. The average Bonchev–Trinajstić information content (AvgIpc) is 2.92. The molecule has 1 saturated heterocycles. The molecule has 1 atom stereocenters. The molecule has 0 aliphatic carbocycles. The van der Waals surface area contributed by atoms with Gasteiger partial charge in [-0.05, 0) is 34.1 Å². The van der Waals surface area contributed by atoms with Crippen LogP contribution in [0.25, 0.3) is 0 Å². The summed E-state index contributed by atoms with van der Waals surface area (Å²) in [5.41, 5.74) is 0.379. The lowest BCUT2D eigenvalue weighted by molar-refractivity contribution is 0.184. The van der Waals surface area contributed by atoms with Crippen LogP contribution in [0.4, 0.5) is 4.79 Å². The molecule has 1 unspecified atom stereocenters. The third-order valence-corrected chi connectivity index (χ3v) is 7.21. The van der Waals surface area contributed by atoms with E-state index in [1.54, 1.807) is 18.4 Å². The monoisotopic (exact) mass is 345 g/mol. The van der Waals surface area contributed by atoms with Crippen molar-refractivity contribution in [3.8, 4) is 0 Å². The van der Waals surface area contributed by atoms with Gasteiger partial charge in [0.15, 0.2) is 9.84 Å². The highest BCUT2D eigenvalue weighted by Crippen LogP contribution is 2.27. The smallest absolute Gasteiger partial charge is 0.318 e. The topological polar surface area (TPSA) is 79.4 Å². The Morgan fingerprint density at radius 1 is 1.41 bits per heavy atom. The number of rotatable bonds is 3. The van der Waals surface area contributed by atoms with E-state index in [1.807, 2.05) is 27.7 Å². The molecule has 0 saturated carbocycles. The average molecular weight is 345 g/mol. The van der Waals surface area contributed by atoms with Gasteiger partial charge in [0.05, 0.1) is 22.7 Å². The van der Waals surface area contributed by atoms with Crippen LogP contribution in [0.15, 0.2) is 0 Å². The summed E-state index contributed by atoms with van der Waals surface area (Å²) in [7, 11) is -1.36. The second kappa shape index (κ2) is 5.81. The molecule has 1 N–H and O–H groups in total. The van der Waals surface area contributed by atoms with Crippen molar-refractivity contribution in [1.29, 1.82) is 0 Å². The van der Waals surface area contributed by atoms with Gasteiger partial charge in [0, 0.05) is 18.0 Å². The van der Waals surface area contributed by atoms with Crippen molar-refractivity contribution in [3.05, 3.63) is 15.6 Å². The van der Waals surface area contributed by atoms with E-state index in [0.717, 1.165) is 15.6 Å². The number of aromatic nitrogens is 1. The van der Waals surface area contributed by atoms with Crippen molar-refractivity contribution in [2.24, 2.45) is 0 Å². The van der Waals surface area contributed by atoms with Gasteiger partial charge in [-0.2, -0.15) is 0 Å². The van der Waals surface area contributed by atoms with Crippen molar-refractivity contribution in [3.63, 3.8) is 0 Å². The fourth-order valence-corrected chi connectivity index (χ4v) is 5.14. The number of nitrogens with zero attached hydrogens (tertiary/aromatic N) is 2. The third kappa shape index (κ3) is 3.60. The molecular weight excluding hydrogens is 322 g/mol. The number of carbonyl (C=O) groups excluding carboxylic acids is 1. The van der Waals surface area contributed by atoms with Crippen molar-refractivity contribution < 1.29 is 13.2 Å². The Labute approximate surface area is 135 Å². The zero-order valence-electron chi connectivity index (χ0n) is 13.6. The zero-order chi connectivity index (χ0) is 16.7. The van der Waals surface area contributed by atoms with E-state index in [0.29, 0.717) is 6.42 Å². The van der Waals surface area contributed by atoms with Crippen molar-refractivity contribution >= 4 is 27.2 Å². The van der Waals surface area contributed by atoms with E-state index in [2.05, 4.69) is 10.3 Å². The Kier molecular flexibility index (Phi) is 4.54. The van der Waals surface area contributed by atoms with Crippen molar-refractivity contribution in [1.82, 2.24) is 15.2 Å². The predicted molar refractivity (Wildman–Crippen MR) is 88.0 cm³/mol. The molecule has 1 aromatic rings. The number of thiazole rings is 1. The Balaban J connectivity index is 2.07. The Morgan fingerprint density at radius 3 is 2.50 bits per heavy atom. The van der Waals surface area contributed by atoms with Gasteiger partial charge in [-0.1, -0.05) is 0 Å². The summed E-state index contributed by atoms with van der Waals surface area (Å²) >= 11 is 1.57. The molecule has 2 heterocycles. The first-order valence-corrected chi connectivity index (χ1v) is 9.85. The Hall–Kier alpha value is -1.15. The van der Waals surface area contributed by atoms with E-state index in [4.69, 9.17) is 0 Å². The number of urea groups is 1. The molecule has 8 heteroatoms. The van der Waals surface area contributed by atoms with Gasteiger partial charge in [0.25, 0.3) is 0 Å². The summed E-state index contributed by atoms with van der Waals surface area (Å²) in [4.78, 5) is 19.6. The molecule has 1 aliphatic heterocycles. The molecule has 1 aromatic heterocycles. The largest absolute Gasteiger partial charge is 0.327 e. The molecule has 1 aliphatic rings. The van der Waals surface area contributed by atoms with Crippen LogP contribution in [0.2, 0.25) is 0 Å². The van der Waals surface area contributed by atoms with Crippen LogP contribution in [0.1, 0.15) is 35.8 Å². The van der Waals surface area contributed by atoms with Crippen LogP contribution in [-0.4, -0.2) is 48.9 Å². The van der Waals surface area contributed by atoms with E-state index in [-0.39, 0.29) is 23.6 Å². The zero-order valence-corrected chi connectivity index (χ0v) is 15.3. The first-order chi connectivity index (χ1) is 10.0. The van der Waals surface area contributed by atoms with Gasteiger partial charge in [-0.3, -0.25) is 0 Å². The van der Waals surface area contributed by atoms with Gasteiger partial charge in [-0.15, -0.1) is 11.3 Å². The fraction of sp³-hybridized carbons (Fsp3) is 0.714. The minimum atomic E-state index is -3.00. The normalized spacial score (nSPS) is 20.9. The minimum Gasteiger partial charge on any atom is -0.327 e. The summed E-state index contributed by atoms with van der Waals surface area (Å²) in [5, 5.41) is 3.81. The van der Waals surface area contributed by atoms with Crippen molar-refractivity contribution in [2.75, 3.05) is 18.6 Å². The maximum absolute atomic E-state index is 12.4. The second-order valence-electron chi connectivity index (χ2n) is 6.38. The van der Waals surface area contributed by atoms with Crippen LogP contribution >= 0.6 is 11.3 Å². The van der Waals surface area contributed by atoms with Gasteiger partial charge in [0.2, 0.25) is 0 Å². The fourth-order valence-electron chi connectivity index (χ4n) is 2.40. The summed E-state index contributed by atoms with van der Waals surface area (Å²) in [6.45, 7) is 7.76. The van der Waals surface area contributed by atoms with Gasteiger partial charge >= 0.3 is 6.03 Å². The highest BCUT2D eigenvalue weighted by Gasteiger charge is 2.35. The van der Waals surface area contributed by atoms with Crippen LogP contribution in [0.5, 0.6) is 0 Å². The molecule has 0 spiro atoms. The lowest BCUT2D eigenvalue weighted by atomic mass is 10.1. The standard InChI is InChI=1S/C14H23N3O3S2/c1-9-10(2)21-12(15-9)14(3,4)16-13(18)17(5)11-6-7-22(19,20)8-11/h11H,6-8H2,1-5H3,(H,16,18). The highest BCUT2D eigenvalue weighted by molar-refractivity contribution is 7.91. The second-order valence-corrected chi connectivity index (χ2v) is 9.82. The van der Waals surface area contributed by atoms with Gasteiger partial charge < -0.3 is 10.2 Å². The Bertz CT molecular complexity index is 660. The quantitative estimate of drug-likeness (QED) is 0.906. The molecule has 2 rings (SSSR count). The maximum Gasteiger partial charge on any atom is 0.318 e. The first kappa shape index (κ1) is 17.2. The molecule has 2 amide bonds. The summed E-state index contributed by atoms with van der Waals surface area (Å²) in [6, 6.07) is -0.516. The lowest BCUT2D eigenvalue weighted by Crippen LogP contribution is -2.50. The Morgan fingerprint density at radius 2 is 2.05 bits per heavy atom. The highest BCUT2D eigenvalue weighted by atomic mass is 32.2. The molecule has 0 bridgehead atoms. The van der Waals surface area contributed by atoms with E-state index >= 15 is 0 Å². The molecular formula is C14H23N3O3S2. The number of amides is 2. The summed E-state index contributed by atoms with van der Waals surface area (Å²) in [5.74, 6) is 0.205. The minimum absolute atomic E-state index is 0.0484. The van der Waals surface area contributed by atoms with Crippen LogP contribution in [0, 0.1) is 13.8 Å². The van der Waals surface area contributed by atoms with E-state index < -0.39 is 15.4 Å². The van der Waals surface area contributed by atoms with Crippen LogP contribution in [-0.2, 0) is 15.4 Å². The molecule has 22 heavy (non-hydrogen) atoms. The number of sulfone groups is 1. The SMILES string of the molecule is Cc1nc(C(C)(C)NC(=O)N(C)C2CCS(=O)(=O)C2)sc1C. The molecule has 1 fully saturated rings. The number of carbonyl (C=O) groups is 1. The van der Waals surface area contributed by atoms with Crippen LogP contribution < -0.4 is 5.32 Å². The molecule has 124 valence electrons. The number of nitrogens with one attached hydrogen (secondary N) is 1. The van der Waals surface area contributed by atoms with Gasteiger partial charge in [0.1, 0.15) is 5.01 Å². The number of hydrogen-bond donors (Lipinski definition) is 1. The predicted octanol–water partition coefficient (Wildman–Crippen LogP) is 1.82. The van der Waals surface area contributed by atoms with Crippen molar-refractivity contribution in [2.45, 2.75) is 45.7 Å². The summed E-state index contributed by atoms with van der Waals surface area (Å²) in [6.07, 6.45) is 0.502. The third-order valence-electron chi connectivity index (χ3n) is 4.06. The van der Waals surface area contributed by atoms with Gasteiger partial charge in [-0.25, -0.2) is 18.2 Å². The summed E-state index contributed by atoms with van der Waals surface area (Å²) < 4.78 is 23.1. The molecule has 0 aromatic carbocycles. The van der Waals surface area contributed by atoms with Crippen LogP contribution in [0.3, 0.4) is 0 Å².